The van der Waals surface area contributed by atoms with Crippen LogP contribution in [0.1, 0.15) is 29.5 Å². The summed E-state index contributed by atoms with van der Waals surface area (Å²) in [6.45, 7) is 4.81. The Bertz CT molecular complexity index is 1350. The smallest absolute Gasteiger partial charge is 0.294 e. The number of piperazine rings is 1. The molecule has 1 aliphatic heterocycles. The molecule has 1 amide bonds. The number of amides is 1. The SMILES string of the molecule is CCCc1nnc2c(=O)[nH]c3cc(C(=O)N4CCN(c5ccc(Cl)cc5)CC4)ccc3n12. The highest BCUT2D eigenvalue weighted by atomic mass is 35.5. The van der Waals surface area contributed by atoms with Gasteiger partial charge in [-0.15, -0.1) is 10.2 Å². The first-order chi connectivity index (χ1) is 15.5. The van der Waals surface area contributed by atoms with Gasteiger partial charge in [-0.05, 0) is 48.9 Å². The third-order valence-corrected chi connectivity index (χ3v) is 6.15. The van der Waals surface area contributed by atoms with Crippen molar-refractivity contribution in [2.45, 2.75) is 19.8 Å². The number of aromatic amines is 1. The number of halogens is 1. The van der Waals surface area contributed by atoms with Crippen molar-refractivity contribution < 1.29 is 4.79 Å². The van der Waals surface area contributed by atoms with Crippen molar-refractivity contribution in [3.8, 4) is 0 Å². The average Bonchev–Trinajstić information content (AvgIpc) is 3.24. The summed E-state index contributed by atoms with van der Waals surface area (Å²) in [4.78, 5) is 32.6. The summed E-state index contributed by atoms with van der Waals surface area (Å²) in [7, 11) is 0. The van der Waals surface area contributed by atoms with Gasteiger partial charge in [0.25, 0.3) is 11.5 Å². The lowest BCUT2D eigenvalue weighted by Crippen LogP contribution is -2.48. The molecule has 5 rings (SSSR count). The van der Waals surface area contributed by atoms with Crippen LogP contribution in [0.4, 0.5) is 5.69 Å². The minimum Gasteiger partial charge on any atom is -0.368 e. The largest absolute Gasteiger partial charge is 0.368 e. The van der Waals surface area contributed by atoms with Crippen LogP contribution in [0.3, 0.4) is 0 Å². The number of hydrogen-bond acceptors (Lipinski definition) is 5. The second-order valence-electron chi connectivity index (χ2n) is 7.97. The van der Waals surface area contributed by atoms with E-state index >= 15 is 0 Å². The number of aryl methyl sites for hydroxylation is 1. The normalized spacial score (nSPS) is 14.4. The quantitative estimate of drug-likeness (QED) is 0.516. The summed E-state index contributed by atoms with van der Waals surface area (Å²) in [6.07, 6.45) is 1.62. The molecule has 1 fully saturated rings. The van der Waals surface area contributed by atoms with Crippen molar-refractivity contribution in [2.75, 3.05) is 31.1 Å². The van der Waals surface area contributed by atoms with E-state index in [4.69, 9.17) is 11.6 Å². The zero-order valence-corrected chi connectivity index (χ0v) is 18.5. The second-order valence-corrected chi connectivity index (χ2v) is 8.40. The highest BCUT2D eigenvalue weighted by Crippen LogP contribution is 2.21. The van der Waals surface area contributed by atoms with Crippen molar-refractivity contribution in [2.24, 2.45) is 0 Å². The number of rotatable bonds is 4. The Hall–Kier alpha value is -3.39. The Labute approximate surface area is 189 Å². The number of carbonyl (C=O) groups is 1. The Kier molecular flexibility index (Phi) is 5.30. The van der Waals surface area contributed by atoms with Crippen LogP contribution in [0, 0.1) is 0 Å². The molecule has 32 heavy (non-hydrogen) atoms. The molecule has 0 saturated carbocycles. The number of nitrogens with one attached hydrogen (secondary N) is 1. The van der Waals surface area contributed by atoms with Crippen LogP contribution in [0.15, 0.2) is 47.3 Å². The minimum atomic E-state index is -0.312. The molecule has 0 aliphatic carbocycles. The maximum Gasteiger partial charge on any atom is 0.294 e. The zero-order valence-electron chi connectivity index (χ0n) is 17.7. The van der Waals surface area contributed by atoms with Gasteiger partial charge < -0.3 is 14.8 Å². The molecule has 0 atom stereocenters. The first-order valence-corrected chi connectivity index (χ1v) is 11.1. The molecule has 2 aromatic heterocycles. The van der Waals surface area contributed by atoms with E-state index in [1.165, 1.54) is 0 Å². The van der Waals surface area contributed by atoms with Gasteiger partial charge in [0.1, 0.15) is 5.82 Å². The Morgan fingerprint density at radius 3 is 2.53 bits per heavy atom. The third kappa shape index (κ3) is 3.60. The fraction of sp³-hybridized carbons (Fsp3) is 0.304. The monoisotopic (exact) mass is 450 g/mol. The molecule has 164 valence electrons. The first kappa shape index (κ1) is 20.5. The summed E-state index contributed by atoms with van der Waals surface area (Å²) in [5, 5.41) is 8.92. The summed E-state index contributed by atoms with van der Waals surface area (Å²) in [5.41, 5.74) is 3.01. The predicted molar refractivity (Wildman–Crippen MR) is 125 cm³/mol. The lowest BCUT2D eigenvalue weighted by atomic mass is 10.1. The number of H-pyrrole nitrogens is 1. The van der Waals surface area contributed by atoms with E-state index in [9.17, 15) is 9.59 Å². The van der Waals surface area contributed by atoms with Crippen molar-refractivity contribution in [1.82, 2.24) is 24.5 Å². The van der Waals surface area contributed by atoms with Gasteiger partial charge in [-0.2, -0.15) is 0 Å². The predicted octanol–water partition coefficient (Wildman–Crippen LogP) is 3.14. The molecule has 0 bridgehead atoms. The van der Waals surface area contributed by atoms with Gasteiger partial charge in [-0.25, -0.2) is 0 Å². The Morgan fingerprint density at radius 1 is 1.06 bits per heavy atom. The molecular formula is C23H23ClN6O2. The van der Waals surface area contributed by atoms with Crippen LogP contribution in [0.5, 0.6) is 0 Å². The van der Waals surface area contributed by atoms with E-state index in [2.05, 4.69) is 27.0 Å². The van der Waals surface area contributed by atoms with E-state index in [1.54, 1.807) is 10.5 Å². The van der Waals surface area contributed by atoms with E-state index in [0.717, 1.165) is 43.0 Å². The maximum absolute atomic E-state index is 13.2. The van der Waals surface area contributed by atoms with Gasteiger partial charge in [0.2, 0.25) is 5.65 Å². The average molecular weight is 451 g/mol. The lowest BCUT2D eigenvalue weighted by Gasteiger charge is -2.36. The van der Waals surface area contributed by atoms with Gasteiger partial charge in [0.15, 0.2) is 0 Å². The van der Waals surface area contributed by atoms with Gasteiger partial charge in [-0.1, -0.05) is 18.5 Å². The molecule has 9 heteroatoms. The van der Waals surface area contributed by atoms with Crippen LogP contribution in [-0.2, 0) is 6.42 Å². The molecule has 3 heterocycles. The number of aromatic nitrogens is 4. The van der Waals surface area contributed by atoms with Crippen LogP contribution in [0.2, 0.25) is 5.02 Å². The Morgan fingerprint density at radius 2 is 1.81 bits per heavy atom. The topological polar surface area (TPSA) is 86.6 Å². The van der Waals surface area contributed by atoms with Gasteiger partial charge in [0.05, 0.1) is 11.0 Å². The van der Waals surface area contributed by atoms with E-state index < -0.39 is 0 Å². The summed E-state index contributed by atoms with van der Waals surface area (Å²) in [5.74, 6) is 0.706. The molecule has 1 N–H and O–H groups in total. The van der Waals surface area contributed by atoms with Crippen molar-refractivity contribution in [1.29, 1.82) is 0 Å². The second kappa shape index (κ2) is 8.27. The van der Waals surface area contributed by atoms with Crippen molar-refractivity contribution >= 4 is 39.9 Å². The summed E-state index contributed by atoms with van der Waals surface area (Å²) in [6, 6.07) is 13.2. The molecule has 1 aliphatic rings. The summed E-state index contributed by atoms with van der Waals surface area (Å²) >= 11 is 5.98. The van der Waals surface area contributed by atoms with Crippen LogP contribution < -0.4 is 10.5 Å². The standard InChI is InChI=1S/C23H23ClN6O2/c1-2-3-20-26-27-21-22(31)25-18-14-15(4-9-19(18)30(20)21)23(32)29-12-10-28(11-13-29)17-7-5-16(24)6-8-17/h4-9,14H,2-3,10-13H2,1H3,(H,25,31). The number of hydrogen-bond donors (Lipinski definition) is 1. The molecule has 0 radical (unpaired) electrons. The molecule has 4 aromatic rings. The molecule has 1 saturated heterocycles. The molecule has 0 spiro atoms. The number of carbonyl (C=O) groups excluding carboxylic acids is 1. The van der Waals surface area contributed by atoms with Crippen LogP contribution in [-0.4, -0.2) is 56.6 Å². The third-order valence-electron chi connectivity index (χ3n) is 5.90. The number of benzene rings is 2. The van der Waals surface area contributed by atoms with E-state index in [0.29, 0.717) is 29.2 Å². The minimum absolute atomic E-state index is 0.0406. The molecule has 8 nitrogen and oxygen atoms in total. The number of nitrogens with zero attached hydrogens (tertiary/aromatic N) is 5. The summed E-state index contributed by atoms with van der Waals surface area (Å²) < 4.78 is 1.79. The van der Waals surface area contributed by atoms with E-state index in [1.807, 2.05) is 41.3 Å². The fourth-order valence-electron chi connectivity index (χ4n) is 4.25. The van der Waals surface area contributed by atoms with E-state index in [-0.39, 0.29) is 17.1 Å². The Balaban J connectivity index is 1.39. The van der Waals surface area contributed by atoms with Crippen molar-refractivity contribution in [3.63, 3.8) is 0 Å². The van der Waals surface area contributed by atoms with Crippen LogP contribution in [0.25, 0.3) is 16.7 Å². The van der Waals surface area contributed by atoms with Gasteiger partial charge in [0, 0.05) is 48.9 Å². The first-order valence-electron chi connectivity index (χ1n) is 10.7. The molecule has 2 aromatic carbocycles. The highest BCUT2D eigenvalue weighted by molar-refractivity contribution is 6.30. The molecule has 0 unspecified atom stereocenters. The number of fused-ring (bicyclic) bond motifs is 3. The van der Waals surface area contributed by atoms with Crippen molar-refractivity contribution in [3.05, 3.63) is 69.2 Å². The molecular weight excluding hydrogens is 428 g/mol. The number of anilines is 1. The maximum atomic E-state index is 13.2. The van der Waals surface area contributed by atoms with Gasteiger partial charge >= 0.3 is 0 Å². The zero-order chi connectivity index (χ0) is 22.2. The van der Waals surface area contributed by atoms with Crippen LogP contribution >= 0.6 is 11.6 Å². The highest BCUT2D eigenvalue weighted by Gasteiger charge is 2.23. The lowest BCUT2D eigenvalue weighted by molar-refractivity contribution is 0.0747. The van der Waals surface area contributed by atoms with Gasteiger partial charge in [-0.3, -0.25) is 14.0 Å². The fourth-order valence-corrected chi connectivity index (χ4v) is 4.37.